The molecule has 1 unspecified atom stereocenters. The summed E-state index contributed by atoms with van der Waals surface area (Å²) in [6, 6.07) is 0.433. The summed E-state index contributed by atoms with van der Waals surface area (Å²) in [5.74, 6) is 0.0200. The number of aliphatic hydroxyl groups excluding tert-OH is 1. The summed E-state index contributed by atoms with van der Waals surface area (Å²) in [5.41, 5.74) is 1.40. The molecule has 2 aliphatic heterocycles. The van der Waals surface area contributed by atoms with Gasteiger partial charge in [-0.2, -0.15) is 0 Å². The van der Waals surface area contributed by atoms with Crippen LogP contribution in [0.2, 0.25) is 0 Å². The van der Waals surface area contributed by atoms with Crippen LogP contribution in [0.4, 0.5) is 5.82 Å². The van der Waals surface area contributed by atoms with E-state index in [1.807, 2.05) is 18.4 Å². The molecular weight excluding hydrogens is 362 g/mol. The molecule has 4 heterocycles. The highest BCUT2D eigenvalue weighted by Crippen LogP contribution is 2.44. The molecule has 1 saturated carbocycles. The van der Waals surface area contributed by atoms with Crippen molar-refractivity contribution in [1.29, 1.82) is 0 Å². The Morgan fingerprint density at radius 3 is 2.68 bits per heavy atom. The monoisotopic (exact) mass is 389 g/mol. The van der Waals surface area contributed by atoms with E-state index < -0.39 is 24.2 Å². The molecule has 2 aromatic rings. The molecule has 2 aromatic heterocycles. The zero-order chi connectivity index (χ0) is 19.5. The first-order valence-corrected chi connectivity index (χ1v) is 10.1. The van der Waals surface area contributed by atoms with E-state index in [1.54, 1.807) is 19.6 Å². The van der Waals surface area contributed by atoms with Crippen molar-refractivity contribution in [2.24, 2.45) is 0 Å². The van der Waals surface area contributed by atoms with E-state index in [0.717, 1.165) is 18.7 Å². The van der Waals surface area contributed by atoms with Crippen molar-refractivity contribution in [3.63, 3.8) is 0 Å². The maximum atomic E-state index is 10.2. The standard InChI is InChI=1S/C19H27N5O4/c1-10(25)13-14-15(28-19(2,3)27-14)18(26-13)24-9-22-12-16(20-8-21-17(12)24)23-11-6-4-5-7-11/h8-11,13-15,18,25H,4-7H2,1-3H3,(H,20,21,23)/t10?,13-,14-,15-,18-/m1/s1. The Labute approximate surface area is 163 Å². The average molecular weight is 389 g/mol. The minimum Gasteiger partial charge on any atom is -0.391 e. The van der Waals surface area contributed by atoms with Gasteiger partial charge in [0.1, 0.15) is 24.6 Å². The number of nitrogens with one attached hydrogen (secondary N) is 1. The predicted octanol–water partition coefficient (Wildman–Crippen LogP) is 1.98. The second-order valence-electron chi connectivity index (χ2n) is 8.47. The van der Waals surface area contributed by atoms with Crippen molar-refractivity contribution in [3.8, 4) is 0 Å². The van der Waals surface area contributed by atoms with Crippen LogP contribution >= 0.6 is 0 Å². The normalized spacial score (nSPS) is 33.4. The molecule has 0 amide bonds. The Kier molecular flexibility index (Phi) is 4.31. The molecule has 152 valence electrons. The van der Waals surface area contributed by atoms with Gasteiger partial charge in [-0.15, -0.1) is 0 Å². The van der Waals surface area contributed by atoms with E-state index in [-0.39, 0.29) is 12.2 Å². The molecule has 0 aromatic carbocycles. The van der Waals surface area contributed by atoms with Crippen molar-refractivity contribution in [2.75, 3.05) is 5.32 Å². The number of ether oxygens (including phenoxy) is 3. The van der Waals surface area contributed by atoms with Gasteiger partial charge in [-0.05, 0) is 33.6 Å². The molecule has 9 heteroatoms. The number of aromatic nitrogens is 4. The number of fused-ring (bicyclic) bond motifs is 2. The van der Waals surface area contributed by atoms with Crippen LogP contribution in [-0.2, 0) is 14.2 Å². The van der Waals surface area contributed by atoms with E-state index in [1.165, 1.54) is 12.8 Å². The Morgan fingerprint density at radius 1 is 1.18 bits per heavy atom. The molecule has 2 saturated heterocycles. The zero-order valence-electron chi connectivity index (χ0n) is 16.4. The van der Waals surface area contributed by atoms with Crippen molar-refractivity contribution in [1.82, 2.24) is 19.5 Å². The van der Waals surface area contributed by atoms with Crippen LogP contribution in [0.3, 0.4) is 0 Å². The topological polar surface area (TPSA) is 104 Å². The molecule has 0 radical (unpaired) electrons. The summed E-state index contributed by atoms with van der Waals surface area (Å²) in [6.07, 6.45) is 5.70. The number of anilines is 1. The third kappa shape index (κ3) is 2.97. The number of hydrogen-bond acceptors (Lipinski definition) is 8. The average Bonchev–Trinajstić information content (AvgIpc) is 3.38. The predicted molar refractivity (Wildman–Crippen MR) is 101 cm³/mol. The Hall–Kier alpha value is -1.81. The Morgan fingerprint density at radius 2 is 1.93 bits per heavy atom. The summed E-state index contributed by atoms with van der Waals surface area (Å²) < 4.78 is 20.1. The number of aliphatic hydroxyl groups is 1. The number of hydrogen-bond donors (Lipinski definition) is 2. The molecule has 0 bridgehead atoms. The number of nitrogens with zero attached hydrogens (tertiary/aromatic N) is 4. The first-order valence-electron chi connectivity index (χ1n) is 10.1. The van der Waals surface area contributed by atoms with Crippen LogP contribution in [0.25, 0.3) is 11.2 Å². The van der Waals surface area contributed by atoms with Crippen molar-refractivity contribution >= 4 is 17.0 Å². The van der Waals surface area contributed by atoms with E-state index in [0.29, 0.717) is 17.2 Å². The lowest BCUT2D eigenvalue weighted by molar-refractivity contribution is -0.205. The van der Waals surface area contributed by atoms with Gasteiger partial charge in [0, 0.05) is 6.04 Å². The van der Waals surface area contributed by atoms with Gasteiger partial charge in [0.25, 0.3) is 0 Å². The fourth-order valence-electron chi connectivity index (χ4n) is 4.63. The number of rotatable bonds is 4. The van der Waals surface area contributed by atoms with Gasteiger partial charge in [-0.3, -0.25) is 4.57 Å². The van der Waals surface area contributed by atoms with Gasteiger partial charge in [-0.25, -0.2) is 15.0 Å². The third-order valence-corrected chi connectivity index (χ3v) is 5.87. The SMILES string of the molecule is CC(O)[C@H]1O[C@@H](n2cnc3c(NC4CCCC4)ncnc32)[C@@H]2OC(C)(C)O[C@@H]21. The summed E-state index contributed by atoms with van der Waals surface area (Å²) in [5, 5.41) is 13.7. The van der Waals surface area contributed by atoms with Gasteiger partial charge in [0.2, 0.25) is 0 Å². The minimum atomic E-state index is -0.731. The molecule has 0 spiro atoms. The van der Waals surface area contributed by atoms with E-state index in [9.17, 15) is 5.11 Å². The molecule has 5 rings (SSSR count). The van der Waals surface area contributed by atoms with Crippen molar-refractivity contribution < 1.29 is 19.3 Å². The Bertz CT molecular complexity index is 863. The zero-order valence-corrected chi connectivity index (χ0v) is 16.4. The summed E-state index contributed by atoms with van der Waals surface area (Å²) in [4.78, 5) is 13.4. The largest absolute Gasteiger partial charge is 0.391 e. The fraction of sp³-hybridized carbons (Fsp3) is 0.737. The lowest BCUT2D eigenvalue weighted by Gasteiger charge is -2.25. The third-order valence-electron chi connectivity index (χ3n) is 5.87. The molecule has 3 aliphatic rings. The smallest absolute Gasteiger partial charge is 0.167 e. The van der Waals surface area contributed by atoms with Crippen LogP contribution in [-0.4, -0.2) is 60.9 Å². The van der Waals surface area contributed by atoms with E-state index in [4.69, 9.17) is 14.2 Å². The van der Waals surface area contributed by atoms with Crippen LogP contribution < -0.4 is 5.32 Å². The first kappa shape index (κ1) is 18.2. The summed E-state index contributed by atoms with van der Waals surface area (Å²) in [7, 11) is 0. The van der Waals surface area contributed by atoms with Crippen LogP contribution in [0.1, 0.15) is 52.7 Å². The van der Waals surface area contributed by atoms with E-state index in [2.05, 4.69) is 20.3 Å². The quantitative estimate of drug-likeness (QED) is 0.818. The van der Waals surface area contributed by atoms with Gasteiger partial charge in [0.15, 0.2) is 29.0 Å². The Balaban J connectivity index is 1.49. The van der Waals surface area contributed by atoms with Gasteiger partial charge in [0.05, 0.1) is 12.4 Å². The fourth-order valence-corrected chi connectivity index (χ4v) is 4.63. The molecule has 3 fully saturated rings. The molecule has 2 N–H and O–H groups in total. The highest BCUT2D eigenvalue weighted by atomic mass is 16.8. The molecule has 5 atom stereocenters. The molecule has 28 heavy (non-hydrogen) atoms. The first-order chi connectivity index (χ1) is 13.4. The maximum absolute atomic E-state index is 10.2. The highest BCUT2D eigenvalue weighted by molar-refractivity contribution is 5.82. The van der Waals surface area contributed by atoms with Crippen LogP contribution in [0.5, 0.6) is 0 Å². The van der Waals surface area contributed by atoms with Crippen LogP contribution in [0, 0.1) is 0 Å². The van der Waals surface area contributed by atoms with Gasteiger partial charge >= 0.3 is 0 Å². The van der Waals surface area contributed by atoms with Crippen molar-refractivity contribution in [3.05, 3.63) is 12.7 Å². The lowest BCUT2D eigenvalue weighted by atomic mass is 10.1. The summed E-state index contributed by atoms with van der Waals surface area (Å²) in [6.45, 7) is 5.45. The summed E-state index contributed by atoms with van der Waals surface area (Å²) >= 11 is 0. The second kappa shape index (κ2) is 6.62. The van der Waals surface area contributed by atoms with Gasteiger partial charge in [-0.1, -0.05) is 12.8 Å². The van der Waals surface area contributed by atoms with Crippen LogP contribution in [0.15, 0.2) is 12.7 Å². The lowest BCUT2D eigenvalue weighted by Crippen LogP contribution is -2.36. The molecule has 9 nitrogen and oxygen atoms in total. The van der Waals surface area contributed by atoms with Gasteiger partial charge < -0.3 is 24.6 Å². The maximum Gasteiger partial charge on any atom is 0.167 e. The van der Waals surface area contributed by atoms with E-state index >= 15 is 0 Å². The molecule has 1 aliphatic carbocycles. The van der Waals surface area contributed by atoms with Crippen molar-refractivity contribution in [2.45, 2.75) is 88.9 Å². The minimum absolute atomic E-state index is 0.352. The molecular formula is C19H27N5O4. The highest BCUT2D eigenvalue weighted by Gasteiger charge is 2.57. The second-order valence-corrected chi connectivity index (χ2v) is 8.47. The number of imidazole rings is 1.